The molecule has 0 bridgehead atoms. The summed E-state index contributed by atoms with van der Waals surface area (Å²) >= 11 is 0. The maximum absolute atomic E-state index is 12.2. The van der Waals surface area contributed by atoms with Crippen LogP contribution < -0.4 is 0 Å². The zero-order valence-corrected chi connectivity index (χ0v) is 10.3. The molecule has 0 fully saturated rings. The first-order valence-corrected chi connectivity index (χ1v) is 5.27. The van der Waals surface area contributed by atoms with Crippen molar-refractivity contribution < 1.29 is 27.9 Å². The molecule has 0 aliphatic carbocycles. The normalized spacial score (nSPS) is 11.2. The fourth-order valence-corrected chi connectivity index (χ4v) is 1.27. The number of likely N-dealkylation sites (N-methyl/N-ethyl adjacent to an activating group) is 1. The van der Waals surface area contributed by atoms with E-state index in [9.17, 15) is 22.8 Å². The first-order chi connectivity index (χ1) is 8.65. The van der Waals surface area contributed by atoms with Gasteiger partial charge in [0.05, 0.1) is 32.1 Å². The Balaban J connectivity index is 4.50. The molecule has 0 aromatic rings. The smallest absolute Gasteiger partial charge is 0.401 e. The van der Waals surface area contributed by atoms with Crippen LogP contribution in [0.3, 0.4) is 0 Å². The van der Waals surface area contributed by atoms with Crippen LogP contribution in [0.2, 0.25) is 0 Å². The molecule has 9 heteroatoms. The second kappa shape index (κ2) is 7.58. The number of carbonyl (C=O) groups excluding carboxylic acids is 1. The summed E-state index contributed by atoms with van der Waals surface area (Å²) in [7, 11) is 1.34. The van der Waals surface area contributed by atoms with Crippen LogP contribution in [0.5, 0.6) is 0 Å². The fraction of sp³-hybridized carbons (Fsp3) is 0.700. The second-order valence-electron chi connectivity index (χ2n) is 3.88. The van der Waals surface area contributed by atoms with Crippen LogP contribution in [0, 0.1) is 11.3 Å². The topological polar surface area (TPSA) is 84.6 Å². The molecule has 0 aromatic heterocycles. The fourth-order valence-electron chi connectivity index (χ4n) is 1.27. The third kappa shape index (κ3) is 8.84. The quantitative estimate of drug-likeness (QED) is 0.726. The average Bonchev–Trinajstić information content (AvgIpc) is 2.22. The number of carboxylic acids is 1. The number of nitrogens with zero attached hydrogens (tertiary/aromatic N) is 3. The van der Waals surface area contributed by atoms with Crippen molar-refractivity contribution in [1.29, 1.82) is 5.26 Å². The Morgan fingerprint density at radius 2 is 1.89 bits per heavy atom. The molecular formula is C10H14F3N3O3. The van der Waals surface area contributed by atoms with Crippen molar-refractivity contribution >= 4 is 11.9 Å². The van der Waals surface area contributed by atoms with Gasteiger partial charge in [-0.2, -0.15) is 18.4 Å². The highest BCUT2D eigenvalue weighted by Gasteiger charge is 2.32. The minimum atomic E-state index is -4.58. The molecule has 1 N–H and O–H groups in total. The summed E-state index contributed by atoms with van der Waals surface area (Å²) < 4.78 is 36.6. The maximum Gasteiger partial charge on any atom is 0.401 e. The number of rotatable bonds is 7. The number of carbonyl (C=O) groups is 2. The molecule has 108 valence electrons. The van der Waals surface area contributed by atoms with Crippen LogP contribution in [-0.2, 0) is 9.59 Å². The first kappa shape index (κ1) is 17.2. The molecule has 0 aliphatic rings. The largest absolute Gasteiger partial charge is 0.480 e. The predicted octanol–water partition coefficient (Wildman–Crippen LogP) is 0.307. The average molecular weight is 281 g/mol. The van der Waals surface area contributed by atoms with Gasteiger partial charge in [0.25, 0.3) is 0 Å². The Morgan fingerprint density at radius 3 is 2.32 bits per heavy atom. The second-order valence-corrected chi connectivity index (χ2v) is 3.88. The van der Waals surface area contributed by atoms with Gasteiger partial charge in [0, 0.05) is 13.6 Å². The first-order valence-electron chi connectivity index (χ1n) is 5.27. The van der Waals surface area contributed by atoms with Crippen molar-refractivity contribution in [2.24, 2.45) is 0 Å². The van der Waals surface area contributed by atoms with Crippen LogP contribution in [0.15, 0.2) is 0 Å². The summed E-state index contributed by atoms with van der Waals surface area (Å²) in [5, 5.41) is 16.8. The van der Waals surface area contributed by atoms with Gasteiger partial charge >= 0.3 is 12.1 Å². The van der Waals surface area contributed by atoms with E-state index in [1.165, 1.54) is 7.05 Å². The summed E-state index contributed by atoms with van der Waals surface area (Å²) in [6, 6.07) is 1.80. The molecule has 0 rings (SSSR count). The molecule has 1 amide bonds. The van der Waals surface area contributed by atoms with Gasteiger partial charge in [0.2, 0.25) is 5.91 Å². The molecule has 0 saturated carbocycles. The lowest BCUT2D eigenvalue weighted by atomic mass is 10.3. The van der Waals surface area contributed by atoms with E-state index in [0.717, 1.165) is 4.90 Å². The number of nitriles is 1. The van der Waals surface area contributed by atoms with Gasteiger partial charge in [-0.05, 0) is 0 Å². The number of aliphatic carboxylic acids is 1. The van der Waals surface area contributed by atoms with Gasteiger partial charge in [-0.1, -0.05) is 0 Å². The Hall–Kier alpha value is -1.82. The van der Waals surface area contributed by atoms with Gasteiger partial charge in [-0.25, -0.2) is 0 Å². The van der Waals surface area contributed by atoms with Crippen LogP contribution in [-0.4, -0.2) is 66.2 Å². The summed E-state index contributed by atoms with van der Waals surface area (Å²) in [4.78, 5) is 23.6. The van der Waals surface area contributed by atoms with Crippen molar-refractivity contribution in [3.8, 4) is 6.07 Å². The SMILES string of the molecule is CN(CCC#N)C(=O)CN(CC(=O)O)CC(F)(F)F. The molecule has 0 saturated heterocycles. The molecule has 19 heavy (non-hydrogen) atoms. The molecule has 6 nitrogen and oxygen atoms in total. The summed E-state index contributed by atoms with van der Waals surface area (Å²) in [6.07, 6.45) is -4.53. The zero-order valence-electron chi connectivity index (χ0n) is 10.3. The van der Waals surface area contributed by atoms with E-state index >= 15 is 0 Å². The third-order valence-electron chi connectivity index (χ3n) is 2.11. The number of halogens is 3. The number of hydrogen-bond acceptors (Lipinski definition) is 4. The molecule has 0 atom stereocenters. The lowest BCUT2D eigenvalue weighted by Crippen LogP contribution is -2.44. The standard InChI is InChI=1S/C10H14F3N3O3/c1-15(4-2-3-14)8(17)5-16(6-9(18)19)7-10(11,12)13/h2,4-7H2,1H3,(H,18,19). The zero-order chi connectivity index (χ0) is 15.1. The van der Waals surface area contributed by atoms with Gasteiger partial charge in [0.1, 0.15) is 0 Å². The minimum Gasteiger partial charge on any atom is -0.480 e. The van der Waals surface area contributed by atoms with Gasteiger partial charge in [0.15, 0.2) is 0 Å². The van der Waals surface area contributed by atoms with Crippen LogP contribution in [0.1, 0.15) is 6.42 Å². The predicted molar refractivity (Wildman–Crippen MR) is 58.0 cm³/mol. The highest BCUT2D eigenvalue weighted by Crippen LogP contribution is 2.16. The van der Waals surface area contributed by atoms with E-state index in [0.29, 0.717) is 4.90 Å². The lowest BCUT2D eigenvalue weighted by molar-refractivity contribution is -0.156. The molecule has 0 unspecified atom stereocenters. The molecule has 0 radical (unpaired) electrons. The van der Waals surface area contributed by atoms with Crippen molar-refractivity contribution in [3.63, 3.8) is 0 Å². The van der Waals surface area contributed by atoms with Crippen molar-refractivity contribution in [3.05, 3.63) is 0 Å². The van der Waals surface area contributed by atoms with Crippen molar-refractivity contribution in [1.82, 2.24) is 9.80 Å². The van der Waals surface area contributed by atoms with E-state index in [1.54, 1.807) is 6.07 Å². The van der Waals surface area contributed by atoms with E-state index < -0.39 is 37.7 Å². The minimum absolute atomic E-state index is 0.0560. The summed E-state index contributed by atoms with van der Waals surface area (Å²) in [6.45, 7) is -2.93. The molecule has 0 aromatic carbocycles. The summed E-state index contributed by atoms with van der Waals surface area (Å²) in [5.41, 5.74) is 0. The van der Waals surface area contributed by atoms with E-state index in [1.807, 2.05) is 0 Å². The molecule has 0 spiro atoms. The Bertz CT molecular complexity index is 365. The van der Waals surface area contributed by atoms with Crippen molar-refractivity contribution in [2.45, 2.75) is 12.6 Å². The monoisotopic (exact) mass is 281 g/mol. The summed E-state index contributed by atoms with van der Waals surface area (Å²) in [5.74, 6) is -2.11. The van der Waals surface area contributed by atoms with Gasteiger partial charge in [-0.15, -0.1) is 0 Å². The Kier molecular flexibility index (Phi) is 6.85. The molecule has 0 heterocycles. The third-order valence-corrected chi connectivity index (χ3v) is 2.11. The van der Waals surface area contributed by atoms with E-state index in [-0.39, 0.29) is 13.0 Å². The molecule has 0 aliphatic heterocycles. The Labute approximate surface area is 108 Å². The Morgan fingerprint density at radius 1 is 1.32 bits per heavy atom. The number of hydrogen-bond donors (Lipinski definition) is 1. The van der Waals surface area contributed by atoms with Gasteiger partial charge in [-0.3, -0.25) is 14.5 Å². The number of amides is 1. The molecular weight excluding hydrogens is 267 g/mol. The highest BCUT2D eigenvalue weighted by atomic mass is 19.4. The van der Waals surface area contributed by atoms with Crippen LogP contribution >= 0.6 is 0 Å². The number of carboxylic acid groups (broad SMARTS) is 1. The highest BCUT2D eigenvalue weighted by molar-refractivity contribution is 5.79. The maximum atomic E-state index is 12.2. The van der Waals surface area contributed by atoms with E-state index in [4.69, 9.17) is 10.4 Å². The van der Waals surface area contributed by atoms with Crippen LogP contribution in [0.4, 0.5) is 13.2 Å². The van der Waals surface area contributed by atoms with Gasteiger partial charge < -0.3 is 10.0 Å². The van der Waals surface area contributed by atoms with Crippen LogP contribution in [0.25, 0.3) is 0 Å². The van der Waals surface area contributed by atoms with E-state index in [2.05, 4.69) is 0 Å². The number of alkyl halides is 3. The van der Waals surface area contributed by atoms with Crippen molar-refractivity contribution in [2.75, 3.05) is 33.2 Å². The lowest BCUT2D eigenvalue weighted by Gasteiger charge is -2.24.